The highest BCUT2D eigenvalue weighted by molar-refractivity contribution is 5.91. The largest absolute Gasteiger partial charge is 0.443 e. The molecule has 2 fully saturated rings. The SMILES string of the molecule is CC(C)(O)C#Cc1ccc(C(=O)NCC2CC(=O)N(C3CC3)C2)o1. The molecule has 2 heterocycles. The predicted octanol–water partition coefficient (Wildman–Crippen LogP) is 1.14. The Morgan fingerprint density at radius 1 is 1.46 bits per heavy atom. The van der Waals surface area contributed by atoms with Crippen LogP contribution in [0.15, 0.2) is 16.5 Å². The van der Waals surface area contributed by atoms with Gasteiger partial charge in [-0.05, 0) is 44.7 Å². The quantitative estimate of drug-likeness (QED) is 0.811. The first-order valence-corrected chi connectivity index (χ1v) is 8.25. The van der Waals surface area contributed by atoms with Crippen LogP contribution >= 0.6 is 0 Å². The van der Waals surface area contributed by atoms with E-state index in [1.165, 1.54) is 0 Å². The number of hydrogen-bond donors (Lipinski definition) is 2. The molecule has 1 unspecified atom stereocenters. The Bertz CT molecular complexity index is 701. The molecule has 0 spiro atoms. The summed E-state index contributed by atoms with van der Waals surface area (Å²) in [7, 11) is 0. The van der Waals surface area contributed by atoms with Crippen LogP contribution in [0.25, 0.3) is 0 Å². The molecule has 1 atom stereocenters. The van der Waals surface area contributed by atoms with E-state index in [0.717, 1.165) is 19.4 Å². The Labute approximate surface area is 141 Å². The maximum absolute atomic E-state index is 12.1. The molecule has 1 aliphatic heterocycles. The summed E-state index contributed by atoms with van der Waals surface area (Å²) in [6, 6.07) is 3.59. The standard InChI is InChI=1S/C18H22N2O4/c1-18(2,23)8-7-14-5-6-15(24-14)17(22)19-10-12-9-16(21)20(11-12)13-3-4-13/h5-6,12-13,23H,3-4,9-11H2,1-2H3,(H,19,22). The third-order valence-electron chi connectivity index (χ3n) is 4.10. The van der Waals surface area contributed by atoms with Crippen molar-refractivity contribution in [2.75, 3.05) is 13.1 Å². The minimum atomic E-state index is -1.11. The molecule has 2 aliphatic rings. The zero-order valence-electron chi connectivity index (χ0n) is 14.0. The number of carbonyl (C=O) groups is 2. The molecule has 1 aromatic rings. The molecule has 1 aliphatic carbocycles. The highest BCUT2D eigenvalue weighted by Crippen LogP contribution is 2.32. The first kappa shape index (κ1) is 16.6. The molecule has 0 aromatic carbocycles. The molecule has 2 N–H and O–H groups in total. The first-order chi connectivity index (χ1) is 11.3. The van der Waals surface area contributed by atoms with Gasteiger partial charge in [0.15, 0.2) is 11.5 Å². The number of likely N-dealkylation sites (tertiary alicyclic amines) is 1. The van der Waals surface area contributed by atoms with Crippen molar-refractivity contribution in [2.24, 2.45) is 5.92 Å². The van der Waals surface area contributed by atoms with Crippen molar-refractivity contribution >= 4 is 11.8 Å². The maximum atomic E-state index is 12.1. The van der Waals surface area contributed by atoms with Crippen molar-refractivity contribution in [1.29, 1.82) is 0 Å². The predicted molar refractivity (Wildman–Crippen MR) is 87.1 cm³/mol. The highest BCUT2D eigenvalue weighted by atomic mass is 16.3. The van der Waals surface area contributed by atoms with Gasteiger partial charge in [0.1, 0.15) is 5.60 Å². The van der Waals surface area contributed by atoms with E-state index in [-0.39, 0.29) is 23.5 Å². The van der Waals surface area contributed by atoms with Crippen LogP contribution in [0.2, 0.25) is 0 Å². The lowest BCUT2D eigenvalue weighted by molar-refractivity contribution is -0.128. The van der Waals surface area contributed by atoms with E-state index in [0.29, 0.717) is 24.8 Å². The molecule has 0 radical (unpaired) electrons. The molecule has 6 nitrogen and oxygen atoms in total. The lowest BCUT2D eigenvalue weighted by atomic mass is 10.1. The normalized spacial score (nSPS) is 20.7. The summed E-state index contributed by atoms with van der Waals surface area (Å²) in [4.78, 5) is 26.0. The summed E-state index contributed by atoms with van der Waals surface area (Å²) >= 11 is 0. The molecule has 0 bridgehead atoms. The fourth-order valence-electron chi connectivity index (χ4n) is 2.75. The maximum Gasteiger partial charge on any atom is 0.287 e. The third-order valence-corrected chi connectivity index (χ3v) is 4.10. The van der Waals surface area contributed by atoms with Crippen LogP contribution in [0.1, 0.15) is 49.4 Å². The molecule has 1 saturated heterocycles. The number of amides is 2. The summed E-state index contributed by atoms with van der Waals surface area (Å²) in [6.45, 7) is 4.33. The first-order valence-electron chi connectivity index (χ1n) is 8.25. The van der Waals surface area contributed by atoms with Crippen LogP contribution < -0.4 is 5.32 Å². The summed E-state index contributed by atoms with van der Waals surface area (Å²) in [5, 5.41) is 12.4. The summed E-state index contributed by atoms with van der Waals surface area (Å²) in [6.07, 6.45) is 2.70. The van der Waals surface area contributed by atoms with Gasteiger partial charge >= 0.3 is 0 Å². The topological polar surface area (TPSA) is 82.8 Å². The zero-order chi connectivity index (χ0) is 17.3. The van der Waals surface area contributed by atoms with Crippen molar-refractivity contribution in [3.63, 3.8) is 0 Å². The van der Waals surface area contributed by atoms with Gasteiger partial charge in [-0.2, -0.15) is 0 Å². The van der Waals surface area contributed by atoms with E-state index in [9.17, 15) is 14.7 Å². The van der Waals surface area contributed by atoms with Crippen LogP contribution in [-0.4, -0.2) is 46.6 Å². The molecule has 2 amide bonds. The molecular formula is C18H22N2O4. The van der Waals surface area contributed by atoms with E-state index >= 15 is 0 Å². The fraction of sp³-hybridized carbons (Fsp3) is 0.556. The van der Waals surface area contributed by atoms with E-state index in [4.69, 9.17) is 4.42 Å². The second-order valence-corrected chi connectivity index (χ2v) is 7.03. The van der Waals surface area contributed by atoms with Crippen LogP contribution in [0.4, 0.5) is 0 Å². The van der Waals surface area contributed by atoms with Crippen LogP contribution in [0.5, 0.6) is 0 Å². The van der Waals surface area contributed by atoms with Gasteiger partial charge in [0.2, 0.25) is 5.91 Å². The lowest BCUT2D eigenvalue weighted by Crippen LogP contribution is -2.31. The van der Waals surface area contributed by atoms with Crippen molar-refractivity contribution < 1.29 is 19.1 Å². The number of aliphatic hydroxyl groups is 1. The van der Waals surface area contributed by atoms with Crippen LogP contribution in [-0.2, 0) is 4.79 Å². The Kier molecular flexibility index (Phi) is 4.37. The zero-order valence-corrected chi connectivity index (χ0v) is 14.0. The van der Waals surface area contributed by atoms with Gasteiger partial charge in [0.25, 0.3) is 5.91 Å². The summed E-state index contributed by atoms with van der Waals surface area (Å²) < 4.78 is 5.37. The second kappa shape index (κ2) is 6.33. The molecule has 6 heteroatoms. The number of nitrogens with zero attached hydrogens (tertiary/aromatic N) is 1. The molecule has 128 valence electrons. The average Bonchev–Trinajstić information content (AvgIpc) is 3.11. The van der Waals surface area contributed by atoms with Gasteiger partial charge in [0.05, 0.1) is 0 Å². The summed E-state index contributed by atoms with van der Waals surface area (Å²) in [5.41, 5.74) is -1.11. The Morgan fingerprint density at radius 2 is 2.21 bits per heavy atom. The lowest BCUT2D eigenvalue weighted by Gasteiger charge is -2.15. The van der Waals surface area contributed by atoms with Gasteiger partial charge in [-0.1, -0.05) is 5.92 Å². The van der Waals surface area contributed by atoms with Crippen molar-refractivity contribution in [1.82, 2.24) is 10.2 Å². The van der Waals surface area contributed by atoms with Crippen molar-refractivity contribution in [3.8, 4) is 11.8 Å². The minimum Gasteiger partial charge on any atom is -0.443 e. The molecular weight excluding hydrogens is 308 g/mol. The molecule has 1 saturated carbocycles. The van der Waals surface area contributed by atoms with Crippen molar-refractivity contribution in [3.05, 3.63) is 23.7 Å². The number of rotatable bonds is 4. The van der Waals surface area contributed by atoms with Gasteiger partial charge in [0, 0.05) is 31.5 Å². The minimum absolute atomic E-state index is 0.159. The van der Waals surface area contributed by atoms with Crippen LogP contribution in [0, 0.1) is 17.8 Å². The monoisotopic (exact) mass is 330 g/mol. The Hall–Kier alpha value is -2.26. The third kappa shape index (κ3) is 4.18. The number of nitrogens with one attached hydrogen (secondary N) is 1. The van der Waals surface area contributed by atoms with Gasteiger partial charge in [-0.25, -0.2) is 0 Å². The van der Waals surface area contributed by atoms with E-state index in [1.54, 1.807) is 26.0 Å². The molecule has 1 aromatic heterocycles. The van der Waals surface area contributed by atoms with Crippen molar-refractivity contribution in [2.45, 2.75) is 44.8 Å². The highest BCUT2D eigenvalue weighted by Gasteiger charge is 2.39. The summed E-state index contributed by atoms with van der Waals surface area (Å²) in [5.74, 6) is 5.87. The van der Waals surface area contributed by atoms with Gasteiger partial charge in [-0.3, -0.25) is 9.59 Å². The van der Waals surface area contributed by atoms with Gasteiger partial charge < -0.3 is 19.7 Å². The fourth-order valence-corrected chi connectivity index (χ4v) is 2.75. The molecule has 3 rings (SSSR count). The second-order valence-electron chi connectivity index (χ2n) is 7.03. The van der Waals surface area contributed by atoms with E-state index in [2.05, 4.69) is 17.2 Å². The average molecular weight is 330 g/mol. The van der Waals surface area contributed by atoms with Crippen LogP contribution in [0.3, 0.4) is 0 Å². The number of hydrogen-bond acceptors (Lipinski definition) is 4. The number of carbonyl (C=O) groups excluding carboxylic acids is 2. The molecule has 24 heavy (non-hydrogen) atoms. The Morgan fingerprint density at radius 3 is 2.88 bits per heavy atom. The van der Waals surface area contributed by atoms with Gasteiger partial charge in [-0.15, -0.1) is 0 Å². The van der Waals surface area contributed by atoms with E-state index < -0.39 is 5.60 Å². The Balaban J connectivity index is 1.51. The van der Waals surface area contributed by atoms with E-state index in [1.807, 2.05) is 4.90 Å². The number of furan rings is 1. The smallest absolute Gasteiger partial charge is 0.287 e.